The highest BCUT2D eigenvalue weighted by atomic mass is 35.5. The number of fused-ring (bicyclic) bond motifs is 1. The van der Waals surface area contributed by atoms with Gasteiger partial charge in [0, 0.05) is 19.3 Å². The van der Waals surface area contributed by atoms with Gasteiger partial charge >= 0.3 is 6.18 Å². The Labute approximate surface area is 158 Å². The third kappa shape index (κ3) is 4.63. The highest BCUT2D eigenvalue weighted by molar-refractivity contribution is 6.32. The Balaban J connectivity index is 1.73. The van der Waals surface area contributed by atoms with E-state index in [4.69, 9.17) is 16.3 Å². The molecule has 2 heterocycles. The molecule has 0 fully saturated rings. The first kappa shape index (κ1) is 19.3. The maximum atomic E-state index is 12.7. The Morgan fingerprint density at radius 1 is 1.30 bits per heavy atom. The van der Waals surface area contributed by atoms with Gasteiger partial charge in [0.2, 0.25) is 5.88 Å². The largest absolute Gasteiger partial charge is 0.497 e. The first-order valence-corrected chi connectivity index (χ1v) is 8.45. The predicted octanol–water partition coefficient (Wildman–Crippen LogP) is 3.88. The van der Waals surface area contributed by atoms with Crippen LogP contribution in [-0.4, -0.2) is 42.2 Å². The van der Waals surface area contributed by atoms with Crippen LogP contribution in [0.15, 0.2) is 30.5 Å². The number of alkyl halides is 3. The monoisotopic (exact) mass is 400 g/mol. The maximum Gasteiger partial charge on any atom is 0.422 e. The third-order valence-electron chi connectivity index (χ3n) is 4.14. The molecular weight excluding hydrogens is 385 g/mol. The summed E-state index contributed by atoms with van der Waals surface area (Å²) in [5, 5.41) is -0.149. The number of hydrogen-bond acceptors (Lipinski definition) is 4. The Morgan fingerprint density at radius 2 is 2.07 bits per heavy atom. The van der Waals surface area contributed by atoms with Gasteiger partial charge in [-0.25, -0.2) is 4.98 Å². The number of rotatable bonds is 4. The number of aromatic nitrogens is 1. The molecule has 1 aromatic carbocycles. The van der Waals surface area contributed by atoms with Gasteiger partial charge in [0.05, 0.1) is 12.7 Å². The molecular formula is C18H16ClF3N2O3. The lowest BCUT2D eigenvalue weighted by molar-refractivity contribution is -0.154. The average molecular weight is 401 g/mol. The fourth-order valence-electron chi connectivity index (χ4n) is 2.82. The zero-order chi connectivity index (χ0) is 19.6. The lowest BCUT2D eigenvalue weighted by Gasteiger charge is -2.29. The molecule has 144 valence electrons. The first-order valence-electron chi connectivity index (χ1n) is 8.07. The highest BCUT2D eigenvalue weighted by Gasteiger charge is 2.29. The number of benzene rings is 1. The van der Waals surface area contributed by atoms with Crippen molar-refractivity contribution in [1.29, 1.82) is 0 Å². The smallest absolute Gasteiger partial charge is 0.422 e. The van der Waals surface area contributed by atoms with Gasteiger partial charge < -0.3 is 14.4 Å². The van der Waals surface area contributed by atoms with E-state index in [9.17, 15) is 18.0 Å². The Hall–Kier alpha value is -2.48. The van der Waals surface area contributed by atoms with Crippen molar-refractivity contribution < 1.29 is 27.4 Å². The molecule has 0 radical (unpaired) electrons. The number of pyridine rings is 1. The molecule has 0 spiro atoms. The van der Waals surface area contributed by atoms with Gasteiger partial charge in [0.25, 0.3) is 5.91 Å². The standard InChI is InChI=1S/C18H16ClF3N2O3/c1-26-14-3-2-11-4-5-24(9-13(11)6-14)17(25)12-7-15(19)16(23-8-12)27-10-18(20,21)22/h2-3,6-8H,4-5,9-10H2,1H3. The molecule has 3 rings (SSSR count). The van der Waals surface area contributed by atoms with Crippen molar-refractivity contribution in [2.45, 2.75) is 19.1 Å². The third-order valence-corrected chi connectivity index (χ3v) is 4.41. The molecule has 0 N–H and O–H groups in total. The van der Waals surface area contributed by atoms with Crippen LogP contribution in [0.4, 0.5) is 13.2 Å². The van der Waals surface area contributed by atoms with Crippen LogP contribution in [0, 0.1) is 0 Å². The van der Waals surface area contributed by atoms with Gasteiger partial charge in [-0.2, -0.15) is 13.2 Å². The second-order valence-corrected chi connectivity index (χ2v) is 6.43. The lowest BCUT2D eigenvalue weighted by atomic mass is 9.99. The van der Waals surface area contributed by atoms with Crippen LogP contribution in [-0.2, 0) is 13.0 Å². The topological polar surface area (TPSA) is 51.7 Å². The molecule has 1 amide bonds. The number of amides is 1. The van der Waals surface area contributed by atoms with Crippen LogP contribution in [0.25, 0.3) is 0 Å². The minimum absolute atomic E-state index is 0.149. The average Bonchev–Trinajstić information content (AvgIpc) is 2.64. The second kappa shape index (κ2) is 7.64. The molecule has 0 atom stereocenters. The number of carbonyl (C=O) groups excluding carboxylic acids is 1. The Bertz CT molecular complexity index is 858. The van der Waals surface area contributed by atoms with Crippen LogP contribution < -0.4 is 9.47 Å². The summed E-state index contributed by atoms with van der Waals surface area (Å²) in [6.45, 7) is -0.588. The quantitative estimate of drug-likeness (QED) is 0.781. The van der Waals surface area contributed by atoms with E-state index in [1.807, 2.05) is 18.2 Å². The summed E-state index contributed by atoms with van der Waals surface area (Å²) in [6.07, 6.45) is -2.64. The van der Waals surface area contributed by atoms with Gasteiger partial charge in [-0.3, -0.25) is 4.79 Å². The number of ether oxygens (including phenoxy) is 2. The van der Waals surface area contributed by atoms with Gasteiger partial charge in [0.1, 0.15) is 10.8 Å². The van der Waals surface area contributed by atoms with Gasteiger partial charge in [-0.15, -0.1) is 0 Å². The summed E-state index contributed by atoms with van der Waals surface area (Å²) < 4.78 is 46.5. The first-order chi connectivity index (χ1) is 12.8. The summed E-state index contributed by atoms with van der Waals surface area (Å²) in [7, 11) is 1.57. The Kier molecular flexibility index (Phi) is 5.46. The molecule has 1 aliphatic rings. The molecule has 0 saturated heterocycles. The van der Waals surface area contributed by atoms with Crippen molar-refractivity contribution in [3.8, 4) is 11.6 Å². The van der Waals surface area contributed by atoms with Crippen LogP contribution >= 0.6 is 11.6 Å². The molecule has 2 aromatic rings. The SMILES string of the molecule is COc1ccc2c(c1)CN(C(=O)c1cnc(OCC(F)(F)F)c(Cl)c1)CC2. The molecule has 0 unspecified atom stereocenters. The minimum Gasteiger partial charge on any atom is -0.497 e. The minimum atomic E-state index is -4.50. The zero-order valence-corrected chi connectivity index (χ0v) is 15.1. The number of carbonyl (C=O) groups is 1. The summed E-state index contributed by atoms with van der Waals surface area (Å²) in [5.74, 6) is 0.0402. The van der Waals surface area contributed by atoms with E-state index in [2.05, 4.69) is 9.72 Å². The van der Waals surface area contributed by atoms with E-state index in [0.29, 0.717) is 25.3 Å². The molecule has 0 aliphatic carbocycles. The summed E-state index contributed by atoms with van der Waals surface area (Å²) in [4.78, 5) is 18.1. The summed E-state index contributed by atoms with van der Waals surface area (Å²) >= 11 is 5.92. The highest BCUT2D eigenvalue weighted by Crippen LogP contribution is 2.28. The molecule has 9 heteroatoms. The van der Waals surface area contributed by atoms with Gasteiger partial charge in [-0.1, -0.05) is 17.7 Å². The van der Waals surface area contributed by atoms with Crippen molar-refractivity contribution in [2.75, 3.05) is 20.3 Å². The number of hydrogen-bond donors (Lipinski definition) is 0. The fraction of sp³-hybridized carbons (Fsp3) is 0.333. The molecule has 27 heavy (non-hydrogen) atoms. The predicted molar refractivity (Wildman–Crippen MR) is 92.2 cm³/mol. The van der Waals surface area contributed by atoms with E-state index in [0.717, 1.165) is 11.1 Å². The van der Waals surface area contributed by atoms with E-state index in [-0.39, 0.29) is 22.4 Å². The second-order valence-electron chi connectivity index (χ2n) is 6.03. The van der Waals surface area contributed by atoms with Crippen molar-refractivity contribution >= 4 is 17.5 Å². The number of nitrogens with zero attached hydrogens (tertiary/aromatic N) is 2. The van der Waals surface area contributed by atoms with E-state index in [1.54, 1.807) is 12.0 Å². The Morgan fingerprint density at radius 3 is 2.74 bits per heavy atom. The van der Waals surface area contributed by atoms with Crippen LogP contribution in [0.2, 0.25) is 5.02 Å². The van der Waals surface area contributed by atoms with E-state index in [1.165, 1.54) is 12.3 Å². The van der Waals surface area contributed by atoms with Crippen molar-refractivity contribution in [2.24, 2.45) is 0 Å². The molecule has 1 aromatic heterocycles. The molecule has 5 nitrogen and oxygen atoms in total. The zero-order valence-electron chi connectivity index (χ0n) is 14.3. The normalized spacial score (nSPS) is 13.9. The summed E-state index contributed by atoms with van der Waals surface area (Å²) in [5.41, 5.74) is 2.32. The van der Waals surface area contributed by atoms with Crippen molar-refractivity contribution in [3.63, 3.8) is 0 Å². The number of halogens is 4. The van der Waals surface area contributed by atoms with Crippen molar-refractivity contribution in [1.82, 2.24) is 9.88 Å². The van der Waals surface area contributed by atoms with Gasteiger partial charge in [-0.05, 0) is 35.7 Å². The molecule has 0 saturated carbocycles. The van der Waals surface area contributed by atoms with Gasteiger partial charge in [0.15, 0.2) is 6.61 Å². The van der Waals surface area contributed by atoms with Crippen LogP contribution in [0.1, 0.15) is 21.5 Å². The van der Waals surface area contributed by atoms with E-state index < -0.39 is 12.8 Å². The number of methoxy groups -OCH3 is 1. The van der Waals surface area contributed by atoms with E-state index >= 15 is 0 Å². The molecule has 1 aliphatic heterocycles. The lowest BCUT2D eigenvalue weighted by Crippen LogP contribution is -2.36. The van der Waals surface area contributed by atoms with Crippen LogP contribution in [0.3, 0.4) is 0 Å². The van der Waals surface area contributed by atoms with Crippen molar-refractivity contribution in [3.05, 3.63) is 52.2 Å². The maximum absolute atomic E-state index is 12.7. The fourth-order valence-corrected chi connectivity index (χ4v) is 3.04. The van der Waals surface area contributed by atoms with Crippen LogP contribution in [0.5, 0.6) is 11.6 Å². The molecule has 0 bridgehead atoms. The summed E-state index contributed by atoms with van der Waals surface area (Å²) in [6, 6.07) is 7.00.